The van der Waals surface area contributed by atoms with Gasteiger partial charge in [-0.15, -0.1) is 18.5 Å². The lowest BCUT2D eigenvalue weighted by Crippen LogP contribution is -1.90. The molecule has 2 atom stereocenters. The van der Waals surface area contributed by atoms with Crippen LogP contribution in [0.25, 0.3) is 0 Å². The molecule has 32 valence electrons. The zero-order valence-electron chi connectivity index (χ0n) is 3.65. The highest BCUT2D eigenvalue weighted by Gasteiger charge is 1.95. The van der Waals surface area contributed by atoms with Crippen molar-refractivity contribution >= 4 is 18.5 Å². The summed E-state index contributed by atoms with van der Waals surface area (Å²) in [4.78, 5) is 0.333. The molecule has 2 heteroatoms. The van der Waals surface area contributed by atoms with E-state index >= 15 is 0 Å². The highest BCUT2D eigenvalue weighted by atomic mass is 31.1. The Labute approximate surface area is 38.1 Å². The largest absolute Gasteiger partial charge is 0.128 e. The summed E-state index contributed by atoms with van der Waals surface area (Å²) in [6.45, 7) is 4.23. The van der Waals surface area contributed by atoms with Crippen molar-refractivity contribution in [3.05, 3.63) is 0 Å². The highest BCUT2D eigenvalue weighted by molar-refractivity contribution is 7.39. The topological polar surface area (TPSA) is 0 Å². The lowest BCUT2D eigenvalue weighted by atomic mass is 10.5. The van der Waals surface area contributed by atoms with Gasteiger partial charge in [0.05, 0.1) is 0 Å². The van der Waals surface area contributed by atoms with Gasteiger partial charge in [-0.05, 0) is 4.90 Å². The Bertz CT molecular complexity index is 20.4. The molecule has 0 bridgehead atoms. The third kappa shape index (κ3) is 53.7. The van der Waals surface area contributed by atoms with E-state index in [1.807, 2.05) is 0 Å². The molecule has 0 saturated heterocycles. The molecule has 2 unspecified atom stereocenters. The molecule has 0 aromatic carbocycles. The van der Waals surface area contributed by atoms with Crippen LogP contribution in [0.3, 0.4) is 0 Å². The third-order valence-electron chi connectivity index (χ3n) is 0. The van der Waals surface area contributed by atoms with E-state index in [9.17, 15) is 0 Å². The molecular weight excluding hydrogens is 98.0 g/mol. The predicted octanol–water partition coefficient (Wildman–Crippen LogP) is 1.47. The zero-order chi connectivity index (χ0) is 4.50. The number of hydrogen-bond donors (Lipinski definition) is 0. The maximum atomic E-state index is 2.68. The second-order valence-electron chi connectivity index (χ2n) is 1.82. The summed E-state index contributed by atoms with van der Waals surface area (Å²) in [6.07, 6.45) is 0. The van der Waals surface area contributed by atoms with Crippen LogP contribution in [0, 0.1) is 0 Å². The van der Waals surface area contributed by atoms with Crippen LogP contribution >= 0.6 is 18.5 Å². The third-order valence-corrected chi connectivity index (χ3v) is 0. The molecule has 5 heavy (non-hydrogen) atoms. The summed E-state index contributed by atoms with van der Waals surface area (Å²) in [5.41, 5.74) is 0. The number of hydrogen-bond acceptors (Lipinski definition) is 0. The van der Waals surface area contributed by atoms with Gasteiger partial charge in [0.2, 0.25) is 0 Å². The van der Waals surface area contributed by atoms with Gasteiger partial charge >= 0.3 is 0 Å². The van der Waals surface area contributed by atoms with Crippen molar-refractivity contribution < 1.29 is 0 Å². The molecule has 0 fully saturated rings. The molecule has 0 aromatic heterocycles. The van der Waals surface area contributed by atoms with Gasteiger partial charge in [0, 0.05) is 0 Å². The van der Waals surface area contributed by atoms with E-state index in [1.165, 1.54) is 0 Å². The van der Waals surface area contributed by atoms with Crippen LogP contribution in [0.15, 0.2) is 0 Å². The fourth-order valence-electron chi connectivity index (χ4n) is 0. The van der Waals surface area contributed by atoms with E-state index < -0.39 is 0 Å². The molecule has 0 nitrogen and oxygen atoms in total. The minimum absolute atomic E-state index is 0.333. The summed E-state index contributed by atoms with van der Waals surface area (Å²) in [5.74, 6) is 0. The van der Waals surface area contributed by atoms with E-state index in [0.29, 0.717) is 4.90 Å². The average Bonchev–Trinajstić information content (AvgIpc) is 0.722. The first-order valence-electron chi connectivity index (χ1n) is 1.58. The fourth-order valence-corrected chi connectivity index (χ4v) is 0. The summed E-state index contributed by atoms with van der Waals surface area (Å²) in [7, 11) is 5.36. The molecule has 0 aliphatic rings. The maximum absolute atomic E-state index is 2.68. The summed E-state index contributed by atoms with van der Waals surface area (Å²) >= 11 is 0. The van der Waals surface area contributed by atoms with Gasteiger partial charge in [-0.2, -0.15) is 0 Å². The van der Waals surface area contributed by atoms with Gasteiger partial charge in [-0.1, -0.05) is 13.8 Å². The van der Waals surface area contributed by atoms with Gasteiger partial charge in [0.25, 0.3) is 0 Å². The minimum atomic E-state index is 0.333. The molecule has 0 spiro atoms. The summed E-state index contributed by atoms with van der Waals surface area (Å²) < 4.78 is 0. The molecule has 0 heterocycles. The lowest BCUT2D eigenvalue weighted by Gasteiger charge is -2.05. The monoisotopic (exact) mass is 108 g/mol. The Kier molecular flexibility index (Phi) is 1.80. The van der Waals surface area contributed by atoms with E-state index in [2.05, 4.69) is 32.3 Å². The first-order chi connectivity index (χ1) is 2.00. The highest BCUT2D eigenvalue weighted by Crippen LogP contribution is 2.23. The van der Waals surface area contributed by atoms with Crippen LogP contribution in [0.5, 0.6) is 0 Å². The first-order valence-corrected chi connectivity index (χ1v) is 2.73. The van der Waals surface area contributed by atoms with Crippen LogP contribution in [-0.4, -0.2) is 4.90 Å². The summed E-state index contributed by atoms with van der Waals surface area (Å²) in [6, 6.07) is 0. The first kappa shape index (κ1) is 5.86. The van der Waals surface area contributed by atoms with Crippen LogP contribution in [0.2, 0.25) is 0 Å². The van der Waals surface area contributed by atoms with E-state index in [4.69, 9.17) is 0 Å². The molecule has 0 aromatic rings. The molecule has 0 aliphatic carbocycles. The van der Waals surface area contributed by atoms with Gasteiger partial charge in [-0.25, -0.2) is 0 Å². The maximum Gasteiger partial charge on any atom is -0.00630 e. The fraction of sp³-hybridized carbons (Fsp3) is 1.00. The lowest BCUT2D eigenvalue weighted by molar-refractivity contribution is 1.03. The van der Waals surface area contributed by atoms with Crippen LogP contribution in [0.4, 0.5) is 0 Å². The van der Waals surface area contributed by atoms with E-state index in [1.54, 1.807) is 0 Å². The Morgan fingerprint density at radius 3 is 1.20 bits per heavy atom. The van der Waals surface area contributed by atoms with E-state index in [-0.39, 0.29) is 0 Å². The molecule has 0 N–H and O–H groups in total. The van der Waals surface area contributed by atoms with Crippen molar-refractivity contribution in [3.8, 4) is 0 Å². The van der Waals surface area contributed by atoms with Gasteiger partial charge < -0.3 is 0 Å². The average molecular weight is 108 g/mol. The zero-order valence-corrected chi connectivity index (χ0v) is 5.96. The molecule has 0 saturated carbocycles. The Balaban J connectivity index is 3.02. The van der Waals surface area contributed by atoms with Crippen molar-refractivity contribution in [3.63, 3.8) is 0 Å². The second-order valence-corrected chi connectivity index (χ2v) is 5.46. The predicted molar refractivity (Wildman–Crippen MR) is 33.5 cm³/mol. The van der Waals surface area contributed by atoms with E-state index in [0.717, 1.165) is 0 Å². The quantitative estimate of drug-likeness (QED) is 0.412. The van der Waals surface area contributed by atoms with Gasteiger partial charge in [0.1, 0.15) is 0 Å². The minimum Gasteiger partial charge on any atom is -0.128 e. The van der Waals surface area contributed by atoms with Crippen molar-refractivity contribution in [1.29, 1.82) is 0 Å². The Morgan fingerprint density at radius 2 is 1.20 bits per heavy atom. The van der Waals surface area contributed by atoms with Gasteiger partial charge in [0.15, 0.2) is 0 Å². The second kappa shape index (κ2) is 1.54. The number of rotatable bonds is 0. The normalized spacial score (nSPS) is 12.0. The van der Waals surface area contributed by atoms with Gasteiger partial charge in [-0.3, -0.25) is 0 Å². The SMILES string of the molecule is CC(C)(P)P. The Morgan fingerprint density at radius 1 is 1.20 bits per heavy atom. The van der Waals surface area contributed by atoms with Crippen molar-refractivity contribution in [2.24, 2.45) is 0 Å². The molecule has 0 rings (SSSR count). The van der Waals surface area contributed by atoms with Crippen LogP contribution < -0.4 is 0 Å². The van der Waals surface area contributed by atoms with Crippen LogP contribution in [-0.2, 0) is 0 Å². The van der Waals surface area contributed by atoms with Crippen molar-refractivity contribution in [1.82, 2.24) is 0 Å². The standard InChI is InChI=1S/C3H10P2/c1-3(2,4)5/h4-5H2,1-2H3. The molecule has 0 radical (unpaired) electrons. The Hall–Kier alpha value is 0.860. The molecular formula is C3H10P2. The van der Waals surface area contributed by atoms with Crippen molar-refractivity contribution in [2.75, 3.05) is 0 Å². The van der Waals surface area contributed by atoms with Crippen molar-refractivity contribution in [2.45, 2.75) is 18.7 Å². The smallest absolute Gasteiger partial charge is 0.00630 e. The summed E-state index contributed by atoms with van der Waals surface area (Å²) in [5, 5.41) is 0. The van der Waals surface area contributed by atoms with Crippen LogP contribution in [0.1, 0.15) is 13.8 Å². The molecule has 0 amide bonds. The molecule has 0 aliphatic heterocycles.